The topological polar surface area (TPSA) is 60.2 Å². The predicted molar refractivity (Wildman–Crippen MR) is 56.4 cm³/mol. The molecule has 15 heavy (non-hydrogen) atoms. The summed E-state index contributed by atoms with van der Waals surface area (Å²) in [6.45, 7) is 5.30. The molecule has 0 aliphatic heterocycles. The summed E-state index contributed by atoms with van der Waals surface area (Å²) in [5.41, 5.74) is 0. The predicted octanol–water partition coefficient (Wildman–Crippen LogP) is 0.484. The van der Waals surface area contributed by atoms with Crippen molar-refractivity contribution in [2.24, 2.45) is 5.92 Å². The Morgan fingerprint density at radius 1 is 1.60 bits per heavy atom. The highest BCUT2D eigenvalue weighted by Gasteiger charge is 2.17. The van der Waals surface area contributed by atoms with Crippen LogP contribution in [0, 0.1) is 5.92 Å². The number of aryl methyl sites for hydroxylation is 1. The molecule has 0 fully saturated rings. The fourth-order valence-electron chi connectivity index (χ4n) is 1.47. The number of aliphatic hydroxyl groups excluding tert-OH is 1. The second kappa shape index (κ2) is 5.82. The molecule has 1 aromatic rings. The first-order valence-corrected chi connectivity index (χ1v) is 5.22. The zero-order valence-corrected chi connectivity index (χ0v) is 9.55. The molecule has 1 aromatic heterocycles. The van der Waals surface area contributed by atoms with Crippen molar-refractivity contribution in [2.45, 2.75) is 32.9 Å². The van der Waals surface area contributed by atoms with E-state index >= 15 is 0 Å². The van der Waals surface area contributed by atoms with Crippen molar-refractivity contribution in [3.63, 3.8) is 0 Å². The van der Waals surface area contributed by atoms with Crippen LogP contribution in [-0.4, -0.2) is 39.7 Å². The molecule has 0 aliphatic rings. The standard InChI is InChI=1S/C10H19N3O2/c1-4-13-10(11-7-12-13)5-9(14)8(2)6-15-3/h7-9,14H,4-6H2,1-3H3. The van der Waals surface area contributed by atoms with Gasteiger partial charge in [-0.1, -0.05) is 6.92 Å². The van der Waals surface area contributed by atoms with Crippen molar-refractivity contribution in [3.05, 3.63) is 12.2 Å². The van der Waals surface area contributed by atoms with E-state index in [0.29, 0.717) is 13.0 Å². The number of hydrogen-bond acceptors (Lipinski definition) is 4. The van der Waals surface area contributed by atoms with Crippen LogP contribution >= 0.6 is 0 Å². The number of aromatic nitrogens is 3. The van der Waals surface area contributed by atoms with Crippen LogP contribution in [0.1, 0.15) is 19.7 Å². The Labute approximate surface area is 90.1 Å². The van der Waals surface area contributed by atoms with Gasteiger partial charge in [0.2, 0.25) is 0 Å². The maximum absolute atomic E-state index is 9.88. The van der Waals surface area contributed by atoms with Crippen molar-refractivity contribution in [3.8, 4) is 0 Å². The lowest BCUT2D eigenvalue weighted by molar-refractivity contribution is 0.0556. The molecule has 0 amide bonds. The fourth-order valence-corrected chi connectivity index (χ4v) is 1.47. The van der Waals surface area contributed by atoms with Gasteiger partial charge in [-0.25, -0.2) is 4.98 Å². The van der Waals surface area contributed by atoms with E-state index in [0.717, 1.165) is 12.4 Å². The molecule has 0 aromatic carbocycles. The minimum Gasteiger partial charge on any atom is -0.392 e. The SMILES string of the molecule is CCn1ncnc1CC(O)C(C)COC. The van der Waals surface area contributed by atoms with Crippen LogP contribution in [0.2, 0.25) is 0 Å². The van der Waals surface area contributed by atoms with Gasteiger partial charge in [-0.2, -0.15) is 5.10 Å². The van der Waals surface area contributed by atoms with Crippen LogP contribution in [0.4, 0.5) is 0 Å². The van der Waals surface area contributed by atoms with Crippen LogP contribution in [-0.2, 0) is 17.7 Å². The molecule has 0 radical (unpaired) electrons. The lowest BCUT2D eigenvalue weighted by atomic mass is 10.0. The summed E-state index contributed by atoms with van der Waals surface area (Å²) >= 11 is 0. The molecule has 2 unspecified atom stereocenters. The van der Waals surface area contributed by atoms with Crippen LogP contribution in [0.5, 0.6) is 0 Å². The highest BCUT2D eigenvalue weighted by atomic mass is 16.5. The molecule has 86 valence electrons. The molecule has 1 rings (SSSR count). The van der Waals surface area contributed by atoms with E-state index < -0.39 is 6.10 Å². The van der Waals surface area contributed by atoms with Crippen molar-refractivity contribution in [1.82, 2.24) is 14.8 Å². The van der Waals surface area contributed by atoms with Gasteiger partial charge in [0.25, 0.3) is 0 Å². The first kappa shape index (κ1) is 12.1. The van der Waals surface area contributed by atoms with E-state index in [2.05, 4.69) is 10.1 Å². The third-order valence-corrected chi connectivity index (χ3v) is 2.47. The molecule has 0 bridgehead atoms. The molecule has 1 N–H and O–H groups in total. The molecule has 2 atom stereocenters. The zero-order valence-electron chi connectivity index (χ0n) is 9.55. The molecule has 1 heterocycles. The molecule has 0 saturated carbocycles. The number of ether oxygens (including phenoxy) is 1. The summed E-state index contributed by atoms with van der Waals surface area (Å²) in [5, 5.41) is 13.9. The van der Waals surface area contributed by atoms with E-state index in [1.807, 2.05) is 13.8 Å². The number of nitrogens with zero attached hydrogens (tertiary/aromatic N) is 3. The average molecular weight is 213 g/mol. The first-order chi connectivity index (χ1) is 7.19. The Balaban J connectivity index is 2.53. The molecule has 0 spiro atoms. The highest BCUT2D eigenvalue weighted by Crippen LogP contribution is 2.09. The second-order valence-electron chi connectivity index (χ2n) is 3.70. The van der Waals surface area contributed by atoms with Gasteiger partial charge in [0, 0.05) is 26.0 Å². The Morgan fingerprint density at radius 3 is 2.93 bits per heavy atom. The Hall–Kier alpha value is -0.940. The molecule has 5 heteroatoms. The Morgan fingerprint density at radius 2 is 2.33 bits per heavy atom. The maximum Gasteiger partial charge on any atom is 0.138 e. The average Bonchev–Trinajstić information content (AvgIpc) is 2.65. The minimum atomic E-state index is -0.431. The number of hydrogen-bond donors (Lipinski definition) is 1. The minimum absolute atomic E-state index is 0.108. The quantitative estimate of drug-likeness (QED) is 0.747. The van der Waals surface area contributed by atoms with Crippen molar-refractivity contribution in [1.29, 1.82) is 0 Å². The second-order valence-corrected chi connectivity index (χ2v) is 3.70. The van der Waals surface area contributed by atoms with Crippen LogP contribution in [0.15, 0.2) is 6.33 Å². The summed E-state index contributed by atoms with van der Waals surface area (Å²) in [6, 6.07) is 0. The first-order valence-electron chi connectivity index (χ1n) is 5.22. The number of aliphatic hydroxyl groups is 1. The monoisotopic (exact) mass is 213 g/mol. The van der Waals surface area contributed by atoms with Gasteiger partial charge < -0.3 is 9.84 Å². The van der Waals surface area contributed by atoms with Crippen molar-refractivity contribution in [2.75, 3.05) is 13.7 Å². The molecular weight excluding hydrogens is 194 g/mol. The zero-order chi connectivity index (χ0) is 11.3. The van der Waals surface area contributed by atoms with Gasteiger partial charge in [0.15, 0.2) is 0 Å². The molecule has 5 nitrogen and oxygen atoms in total. The third kappa shape index (κ3) is 3.28. The van der Waals surface area contributed by atoms with Gasteiger partial charge in [-0.05, 0) is 6.92 Å². The molecule has 0 aliphatic carbocycles. The number of methoxy groups -OCH3 is 1. The van der Waals surface area contributed by atoms with E-state index in [9.17, 15) is 5.11 Å². The lowest BCUT2D eigenvalue weighted by Crippen LogP contribution is -2.25. The summed E-state index contributed by atoms with van der Waals surface area (Å²) in [5.74, 6) is 0.935. The van der Waals surface area contributed by atoms with Gasteiger partial charge in [0.1, 0.15) is 12.2 Å². The van der Waals surface area contributed by atoms with Gasteiger partial charge in [-0.15, -0.1) is 0 Å². The number of rotatable bonds is 6. The smallest absolute Gasteiger partial charge is 0.138 e. The van der Waals surface area contributed by atoms with Crippen LogP contribution in [0.25, 0.3) is 0 Å². The van der Waals surface area contributed by atoms with E-state index in [1.165, 1.54) is 6.33 Å². The molecular formula is C10H19N3O2. The van der Waals surface area contributed by atoms with E-state index in [4.69, 9.17) is 4.74 Å². The van der Waals surface area contributed by atoms with Crippen molar-refractivity contribution < 1.29 is 9.84 Å². The normalized spacial score (nSPS) is 15.2. The summed E-state index contributed by atoms with van der Waals surface area (Å²) in [4.78, 5) is 4.12. The largest absolute Gasteiger partial charge is 0.392 e. The van der Waals surface area contributed by atoms with Gasteiger partial charge in [-0.3, -0.25) is 4.68 Å². The van der Waals surface area contributed by atoms with Crippen LogP contribution < -0.4 is 0 Å². The maximum atomic E-state index is 9.88. The Kier molecular flexibility index (Phi) is 4.71. The summed E-state index contributed by atoms with van der Waals surface area (Å²) < 4.78 is 6.79. The Bertz CT molecular complexity index is 288. The van der Waals surface area contributed by atoms with Gasteiger partial charge >= 0.3 is 0 Å². The van der Waals surface area contributed by atoms with Crippen molar-refractivity contribution >= 4 is 0 Å². The summed E-state index contributed by atoms with van der Waals surface area (Å²) in [6.07, 6.45) is 1.62. The summed E-state index contributed by atoms with van der Waals surface area (Å²) in [7, 11) is 1.64. The highest BCUT2D eigenvalue weighted by molar-refractivity contribution is 4.88. The molecule has 0 saturated heterocycles. The third-order valence-electron chi connectivity index (χ3n) is 2.47. The van der Waals surface area contributed by atoms with Crippen LogP contribution in [0.3, 0.4) is 0 Å². The van der Waals surface area contributed by atoms with E-state index in [-0.39, 0.29) is 5.92 Å². The van der Waals surface area contributed by atoms with Gasteiger partial charge in [0.05, 0.1) is 12.7 Å². The fraction of sp³-hybridized carbons (Fsp3) is 0.800. The van der Waals surface area contributed by atoms with E-state index in [1.54, 1.807) is 11.8 Å². The lowest BCUT2D eigenvalue weighted by Gasteiger charge is -2.17.